The summed E-state index contributed by atoms with van der Waals surface area (Å²) in [6.45, 7) is 0. The molecule has 0 spiro atoms. The Morgan fingerprint density at radius 1 is 1.10 bits per heavy atom. The number of rotatable bonds is 4. The van der Waals surface area contributed by atoms with Crippen LogP contribution >= 0.6 is 11.3 Å². The first-order chi connectivity index (χ1) is 13.5. The molecule has 0 aliphatic carbocycles. The van der Waals surface area contributed by atoms with Crippen LogP contribution in [0.4, 0.5) is 13.2 Å². The molecule has 3 aromatic rings. The Morgan fingerprint density at radius 3 is 2.38 bits per heavy atom. The first kappa shape index (κ1) is 20.5. The third-order valence-corrected chi connectivity index (χ3v) is 5.17. The predicted octanol–water partition coefficient (Wildman–Crippen LogP) is 3.25. The van der Waals surface area contributed by atoms with Crippen LogP contribution in [0.1, 0.15) is 15.9 Å². The summed E-state index contributed by atoms with van der Waals surface area (Å²) >= 11 is 0.567. The summed E-state index contributed by atoms with van der Waals surface area (Å²) in [5, 5.41) is 18.1. The van der Waals surface area contributed by atoms with Crippen LogP contribution in [0.3, 0.4) is 0 Å². The van der Waals surface area contributed by atoms with E-state index in [1.807, 2.05) is 0 Å². The number of Topliss-reactive ketones (excluding diaryl/α,β-unsaturated/α-hetero) is 1. The molecular formula is C19H12F3NO5S. The van der Waals surface area contributed by atoms with Crippen molar-refractivity contribution in [3.8, 4) is 16.2 Å². The molecule has 0 aliphatic heterocycles. The smallest absolute Gasteiger partial charge is 0.417 e. The van der Waals surface area contributed by atoms with E-state index in [-0.39, 0.29) is 21.2 Å². The predicted molar refractivity (Wildman–Crippen MR) is 100 cm³/mol. The van der Waals surface area contributed by atoms with Crippen LogP contribution < -0.4 is 11.2 Å². The van der Waals surface area contributed by atoms with E-state index in [1.165, 1.54) is 36.4 Å². The standard InChI is InChI=1S/C19H12F3NO5S/c20-19(21,22)11-4-2-1-3-9(11)8-5-6-10-12(7-8)29-18(28)13(15(10)24)16(25)14(23)17(26)27/h1-7,14,28H,23H2,(H,26,27). The van der Waals surface area contributed by atoms with E-state index in [9.17, 15) is 32.7 Å². The summed E-state index contributed by atoms with van der Waals surface area (Å²) in [6.07, 6.45) is -4.59. The van der Waals surface area contributed by atoms with Crippen molar-refractivity contribution in [1.82, 2.24) is 0 Å². The molecule has 0 saturated heterocycles. The second-order valence-corrected chi connectivity index (χ2v) is 7.08. The molecule has 0 amide bonds. The fourth-order valence-electron chi connectivity index (χ4n) is 2.82. The molecule has 0 bridgehead atoms. The quantitative estimate of drug-likeness (QED) is 0.438. The summed E-state index contributed by atoms with van der Waals surface area (Å²) in [4.78, 5) is 35.6. The number of halogens is 3. The van der Waals surface area contributed by atoms with Crippen molar-refractivity contribution in [1.29, 1.82) is 0 Å². The number of carbonyl (C=O) groups excluding carboxylic acids is 1. The maximum atomic E-state index is 13.3. The Labute approximate surface area is 164 Å². The lowest BCUT2D eigenvalue weighted by Gasteiger charge is -2.13. The van der Waals surface area contributed by atoms with Crippen molar-refractivity contribution in [3.63, 3.8) is 0 Å². The van der Waals surface area contributed by atoms with Crippen molar-refractivity contribution in [3.05, 3.63) is 63.8 Å². The first-order valence-corrected chi connectivity index (χ1v) is 8.83. The van der Waals surface area contributed by atoms with Crippen LogP contribution in [0.15, 0.2) is 47.3 Å². The van der Waals surface area contributed by atoms with Gasteiger partial charge >= 0.3 is 12.1 Å². The molecule has 2 aromatic carbocycles. The minimum atomic E-state index is -4.59. The Kier molecular flexibility index (Phi) is 5.16. The Bertz CT molecular complexity index is 1200. The average Bonchev–Trinajstić information content (AvgIpc) is 2.66. The monoisotopic (exact) mass is 423 g/mol. The highest BCUT2D eigenvalue weighted by Crippen LogP contribution is 2.38. The van der Waals surface area contributed by atoms with Crippen LogP contribution in [0.25, 0.3) is 21.2 Å². The van der Waals surface area contributed by atoms with E-state index in [0.29, 0.717) is 11.3 Å². The number of carbonyl (C=O) groups is 2. The van der Waals surface area contributed by atoms with Gasteiger partial charge in [-0.2, -0.15) is 13.2 Å². The van der Waals surface area contributed by atoms with Crippen molar-refractivity contribution in [2.45, 2.75) is 12.2 Å². The lowest BCUT2D eigenvalue weighted by Crippen LogP contribution is -2.40. The molecule has 0 radical (unpaired) electrons. The normalized spacial score (nSPS) is 12.7. The lowest BCUT2D eigenvalue weighted by atomic mass is 9.98. The second-order valence-electron chi connectivity index (χ2n) is 6.05. The summed E-state index contributed by atoms with van der Waals surface area (Å²) in [5.74, 6) is -2.93. The number of ketones is 1. The molecule has 1 unspecified atom stereocenters. The fraction of sp³-hybridized carbons (Fsp3) is 0.105. The van der Waals surface area contributed by atoms with E-state index in [0.717, 1.165) is 6.07 Å². The zero-order chi connectivity index (χ0) is 21.5. The lowest BCUT2D eigenvalue weighted by molar-refractivity contribution is -0.138. The van der Waals surface area contributed by atoms with E-state index in [1.54, 1.807) is 0 Å². The third kappa shape index (κ3) is 3.71. The second kappa shape index (κ2) is 7.30. The first-order valence-electron chi connectivity index (χ1n) is 8.01. The van der Waals surface area contributed by atoms with Crippen molar-refractivity contribution < 1.29 is 33.0 Å². The molecule has 0 fully saturated rings. The van der Waals surface area contributed by atoms with Gasteiger partial charge in [0.15, 0.2) is 16.9 Å². The highest BCUT2D eigenvalue weighted by atomic mass is 32.1. The van der Waals surface area contributed by atoms with Gasteiger partial charge in [0.25, 0.3) is 0 Å². The molecule has 29 heavy (non-hydrogen) atoms. The number of hydrogen-bond acceptors (Lipinski definition) is 6. The summed E-state index contributed by atoms with van der Waals surface area (Å²) in [5.41, 5.74) is 2.69. The largest absolute Gasteiger partial charge is 0.499 e. The molecule has 0 aliphatic rings. The molecule has 6 nitrogen and oxygen atoms in total. The third-order valence-electron chi connectivity index (χ3n) is 4.21. The highest BCUT2D eigenvalue weighted by Gasteiger charge is 2.33. The van der Waals surface area contributed by atoms with Crippen LogP contribution in [-0.4, -0.2) is 28.0 Å². The van der Waals surface area contributed by atoms with E-state index < -0.39 is 45.6 Å². The zero-order valence-corrected chi connectivity index (χ0v) is 15.2. The van der Waals surface area contributed by atoms with Crippen molar-refractivity contribution >= 4 is 33.2 Å². The van der Waals surface area contributed by atoms with Gasteiger partial charge in [0, 0.05) is 10.1 Å². The number of alkyl halides is 3. The van der Waals surface area contributed by atoms with Crippen LogP contribution in [0.5, 0.6) is 5.06 Å². The van der Waals surface area contributed by atoms with Gasteiger partial charge in [-0.25, -0.2) is 0 Å². The minimum absolute atomic E-state index is 0.0537. The number of carboxylic acids is 1. The van der Waals surface area contributed by atoms with Gasteiger partial charge in [0.2, 0.25) is 5.43 Å². The van der Waals surface area contributed by atoms with Gasteiger partial charge in [-0.15, -0.1) is 0 Å². The molecule has 0 saturated carbocycles. The molecule has 10 heteroatoms. The number of hydrogen-bond donors (Lipinski definition) is 3. The van der Waals surface area contributed by atoms with Crippen molar-refractivity contribution in [2.24, 2.45) is 5.73 Å². The highest BCUT2D eigenvalue weighted by molar-refractivity contribution is 7.20. The van der Waals surface area contributed by atoms with Crippen LogP contribution in [0.2, 0.25) is 0 Å². The van der Waals surface area contributed by atoms with Gasteiger partial charge in [0.1, 0.15) is 5.56 Å². The Hall–Kier alpha value is -3.24. The number of aromatic hydroxyl groups is 1. The average molecular weight is 423 g/mol. The molecule has 1 aromatic heterocycles. The SMILES string of the molecule is NC(C(=O)O)C(=O)c1c(O)sc2cc(-c3ccccc3C(F)(F)F)ccc2c1=O. The van der Waals surface area contributed by atoms with Gasteiger partial charge < -0.3 is 15.9 Å². The molecule has 4 N–H and O–H groups in total. The van der Waals surface area contributed by atoms with Gasteiger partial charge in [-0.1, -0.05) is 35.6 Å². The number of fused-ring (bicyclic) bond motifs is 1. The van der Waals surface area contributed by atoms with E-state index in [4.69, 9.17) is 10.8 Å². The molecule has 1 atom stereocenters. The molecule has 3 rings (SSSR count). The molecule has 150 valence electrons. The van der Waals surface area contributed by atoms with E-state index >= 15 is 0 Å². The zero-order valence-electron chi connectivity index (χ0n) is 14.4. The molecular weight excluding hydrogens is 411 g/mol. The van der Waals surface area contributed by atoms with Gasteiger partial charge in [-0.3, -0.25) is 14.4 Å². The fourth-order valence-corrected chi connectivity index (χ4v) is 3.78. The number of benzene rings is 2. The Balaban J connectivity index is 2.20. The van der Waals surface area contributed by atoms with Gasteiger partial charge in [-0.05, 0) is 29.3 Å². The maximum Gasteiger partial charge on any atom is 0.417 e. The van der Waals surface area contributed by atoms with Gasteiger partial charge in [0.05, 0.1) is 5.56 Å². The number of carboxylic acid groups (broad SMARTS) is 1. The molecule has 1 heterocycles. The number of nitrogens with two attached hydrogens (primary N) is 1. The topological polar surface area (TPSA) is 118 Å². The summed E-state index contributed by atoms with van der Waals surface area (Å²) < 4.78 is 39.9. The maximum absolute atomic E-state index is 13.3. The Morgan fingerprint density at radius 2 is 1.76 bits per heavy atom. The van der Waals surface area contributed by atoms with Crippen molar-refractivity contribution in [2.75, 3.05) is 0 Å². The summed E-state index contributed by atoms with van der Waals surface area (Å²) in [7, 11) is 0. The van der Waals surface area contributed by atoms with E-state index in [2.05, 4.69) is 0 Å². The van der Waals surface area contributed by atoms with Crippen LogP contribution in [-0.2, 0) is 11.0 Å². The number of aliphatic carboxylic acids is 1. The van der Waals surface area contributed by atoms with Crippen LogP contribution in [0, 0.1) is 0 Å². The summed E-state index contributed by atoms with van der Waals surface area (Å²) in [6, 6.07) is 6.64. The minimum Gasteiger partial charge on any atom is -0.499 e.